The normalized spacial score (nSPS) is 11.1. The largest absolute Gasteiger partial charge is 0.541 e. The Kier molecular flexibility index (Phi) is 5.79. The van der Waals surface area contributed by atoms with Crippen molar-refractivity contribution in [1.29, 1.82) is 0 Å². The monoisotopic (exact) mass is 401 g/mol. The Morgan fingerprint density at radius 2 is 1.26 bits per heavy atom. The molecule has 0 saturated heterocycles. The quantitative estimate of drug-likeness (QED) is 0.454. The summed E-state index contributed by atoms with van der Waals surface area (Å²) in [7, 11) is -3.77. The van der Waals surface area contributed by atoms with Gasteiger partial charge >= 0.3 is 7.75 Å². The topological polar surface area (TPSA) is 47.6 Å². The third-order valence-corrected chi connectivity index (χ3v) is 5.84. The lowest BCUT2D eigenvalue weighted by Gasteiger charge is -2.22. The molecule has 0 saturated carbocycles. The molecule has 0 aliphatic heterocycles. The first-order valence-electron chi connectivity index (χ1n) is 8.51. The van der Waals surface area contributed by atoms with Crippen LogP contribution in [0.5, 0.6) is 11.5 Å². The molecule has 0 radical (unpaired) electrons. The van der Waals surface area contributed by atoms with Gasteiger partial charge in [0.1, 0.15) is 11.5 Å². The van der Waals surface area contributed by atoms with Crippen LogP contribution in [0.3, 0.4) is 0 Å². The fourth-order valence-electron chi connectivity index (χ4n) is 2.42. The van der Waals surface area contributed by atoms with Gasteiger partial charge in [-0.2, -0.15) is 0 Å². The molecule has 0 aliphatic rings. The van der Waals surface area contributed by atoms with E-state index in [9.17, 15) is 4.57 Å². The molecule has 0 aromatic heterocycles. The van der Waals surface area contributed by atoms with Crippen molar-refractivity contribution in [3.8, 4) is 11.5 Å². The predicted octanol–water partition coefficient (Wildman–Crippen LogP) is 6.94. The van der Waals surface area contributed by atoms with Crippen molar-refractivity contribution in [3.63, 3.8) is 0 Å². The van der Waals surface area contributed by atoms with E-state index < -0.39 is 7.75 Å². The van der Waals surface area contributed by atoms with Crippen molar-refractivity contribution in [2.45, 2.75) is 20.8 Å². The molecule has 4 nitrogen and oxygen atoms in total. The van der Waals surface area contributed by atoms with E-state index in [0.717, 1.165) is 16.7 Å². The van der Waals surface area contributed by atoms with Gasteiger partial charge in [0.2, 0.25) is 0 Å². The van der Waals surface area contributed by atoms with Gasteiger partial charge in [-0.05, 0) is 62.7 Å². The van der Waals surface area contributed by atoms with E-state index >= 15 is 0 Å². The lowest BCUT2D eigenvalue weighted by molar-refractivity contribution is 0.392. The van der Waals surface area contributed by atoms with Gasteiger partial charge in [-0.15, -0.1) is 0 Å². The number of nitrogens with one attached hydrogen (secondary N) is 1. The van der Waals surface area contributed by atoms with Gasteiger partial charge < -0.3 is 9.05 Å². The van der Waals surface area contributed by atoms with Crippen LogP contribution >= 0.6 is 19.3 Å². The van der Waals surface area contributed by atoms with E-state index in [1.54, 1.807) is 42.5 Å². The van der Waals surface area contributed by atoms with E-state index in [0.29, 0.717) is 22.2 Å². The highest BCUT2D eigenvalue weighted by Crippen LogP contribution is 2.49. The van der Waals surface area contributed by atoms with Crippen LogP contribution in [0, 0.1) is 20.8 Å². The molecule has 0 unspecified atom stereocenters. The van der Waals surface area contributed by atoms with Gasteiger partial charge in [-0.25, -0.2) is 4.57 Å². The summed E-state index contributed by atoms with van der Waals surface area (Å²) in [6, 6.07) is 19.9. The second-order valence-corrected chi connectivity index (χ2v) is 8.32. The molecule has 0 heterocycles. The van der Waals surface area contributed by atoms with Gasteiger partial charge in [-0.3, -0.25) is 5.09 Å². The van der Waals surface area contributed by atoms with Gasteiger partial charge in [0, 0.05) is 10.7 Å². The molecule has 3 aromatic carbocycles. The van der Waals surface area contributed by atoms with Gasteiger partial charge in [0.05, 0.1) is 0 Å². The summed E-state index contributed by atoms with van der Waals surface area (Å²) < 4.78 is 25.1. The zero-order valence-electron chi connectivity index (χ0n) is 15.4. The van der Waals surface area contributed by atoms with E-state index in [1.807, 2.05) is 45.0 Å². The van der Waals surface area contributed by atoms with Crippen molar-refractivity contribution in [3.05, 3.63) is 88.4 Å². The summed E-state index contributed by atoms with van der Waals surface area (Å²) in [6.07, 6.45) is 0. The molecule has 3 rings (SSSR count). The minimum atomic E-state index is -3.77. The van der Waals surface area contributed by atoms with E-state index in [-0.39, 0.29) is 0 Å². The van der Waals surface area contributed by atoms with Crippen LogP contribution in [-0.2, 0) is 4.57 Å². The standard InChI is InChI=1S/C21H21ClNO3P/c1-15-7-11-18(12-8-15)25-27(24,26-19-13-9-16(2)10-14-19)23-21-6-4-5-20(22)17(21)3/h4-14H,1-3H3,(H,23,24). The molecular formula is C21H21ClNO3P. The maximum atomic E-state index is 13.6. The van der Waals surface area contributed by atoms with Crippen LogP contribution in [0.25, 0.3) is 0 Å². The van der Waals surface area contributed by atoms with Crippen molar-refractivity contribution in [2.75, 3.05) is 5.09 Å². The van der Waals surface area contributed by atoms with Crippen LogP contribution in [0.1, 0.15) is 16.7 Å². The molecule has 1 N–H and O–H groups in total. The molecule has 0 atom stereocenters. The Balaban J connectivity index is 1.93. The van der Waals surface area contributed by atoms with Crippen LogP contribution < -0.4 is 14.1 Å². The number of aryl methyl sites for hydroxylation is 2. The first kappa shape index (κ1) is 19.3. The summed E-state index contributed by atoms with van der Waals surface area (Å²) in [4.78, 5) is 0. The molecule has 27 heavy (non-hydrogen) atoms. The Morgan fingerprint density at radius 3 is 1.74 bits per heavy atom. The molecule has 6 heteroatoms. The first-order chi connectivity index (χ1) is 12.8. The van der Waals surface area contributed by atoms with E-state index in [1.165, 1.54) is 0 Å². The zero-order valence-corrected chi connectivity index (χ0v) is 17.1. The second kappa shape index (κ2) is 8.08. The van der Waals surface area contributed by atoms with Crippen LogP contribution in [-0.4, -0.2) is 0 Å². The van der Waals surface area contributed by atoms with Crippen LogP contribution in [0.15, 0.2) is 66.7 Å². The Morgan fingerprint density at radius 1 is 0.778 bits per heavy atom. The van der Waals surface area contributed by atoms with E-state index in [4.69, 9.17) is 20.6 Å². The Hall–Kier alpha value is -2.42. The summed E-state index contributed by atoms with van der Waals surface area (Å²) in [5, 5.41) is 3.48. The smallest absolute Gasteiger partial charge is 0.400 e. The third-order valence-electron chi connectivity index (χ3n) is 4.02. The van der Waals surface area contributed by atoms with Crippen molar-refractivity contribution >= 4 is 25.0 Å². The first-order valence-corrected chi connectivity index (χ1v) is 10.4. The summed E-state index contributed by atoms with van der Waals surface area (Å²) in [6.45, 7) is 5.78. The minimum absolute atomic E-state index is 0.447. The number of anilines is 1. The van der Waals surface area contributed by atoms with Crippen molar-refractivity contribution < 1.29 is 13.6 Å². The van der Waals surface area contributed by atoms with Gasteiger partial charge in [-0.1, -0.05) is 53.1 Å². The Labute approximate surface area is 164 Å². The summed E-state index contributed by atoms with van der Waals surface area (Å²) in [5.74, 6) is 0.895. The molecule has 0 amide bonds. The molecule has 0 bridgehead atoms. The predicted molar refractivity (Wildman–Crippen MR) is 111 cm³/mol. The summed E-state index contributed by atoms with van der Waals surface area (Å²) in [5.41, 5.74) is 3.51. The fraction of sp³-hybridized carbons (Fsp3) is 0.143. The molecule has 140 valence electrons. The third kappa shape index (κ3) is 5.06. The van der Waals surface area contributed by atoms with Crippen molar-refractivity contribution in [2.24, 2.45) is 0 Å². The molecule has 0 fully saturated rings. The number of hydrogen-bond donors (Lipinski definition) is 1. The lowest BCUT2D eigenvalue weighted by atomic mass is 10.2. The molecule has 0 aliphatic carbocycles. The van der Waals surface area contributed by atoms with Crippen LogP contribution in [0.4, 0.5) is 5.69 Å². The fourth-order valence-corrected chi connectivity index (χ4v) is 4.06. The van der Waals surface area contributed by atoms with Crippen molar-refractivity contribution in [1.82, 2.24) is 0 Å². The molecule has 3 aromatic rings. The van der Waals surface area contributed by atoms with Gasteiger partial charge in [0.15, 0.2) is 0 Å². The molecular weight excluding hydrogens is 381 g/mol. The SMILES string of the molecule is Cc1ccc(OP(=O)(Nc2cccc(Cl)c2C)Oc2ccc(C)cc2)cc1. The Bertz CT molecular complexity index is 920. The minimum Gasteiger partial charge on any atom is -0.400 e. The number of benzene rings is 3. The highest BCUT2D eigenvalue weighted by Gasteiger charge is 2.30. The summed E-state index contributed by atoms with van der Waals surface area (Å²) >= 11 is 6.19. The van der Waals surface area contributed by atoms with E-state index in [2.05, 4.69) is 5.09 Å². The number of rotatable bonds is 6. The molecule has 0 spiro atoms. The average molecular weight is 402 g/mol. The highest BCUT2D eigenvalue weighted by molar-refractivity contribution is 7.56. The van der Waals surface area contributed by atoms with Gasteiger partial charge in [0.25, 0.3) is 0 Å². The second-order valence-electron chi connectivity index (χ2n) is 6.33. The lowest BCUT2D eigenvalue weighted by Crippen LogP contribution is -2.10. The maximum Gasteiger partial charge on any atom is 0.541 e. The van der Waals surface area contributed by atoms with Crippen LogP contribution in [0.2, 0.25) is 5.02 Å². The number of hydrogen-bond acceptors (Lipinski definition) is 3. The average Bonchev–Trinajstić information content (AvgIpc) is 2.63. The number of halogens is 1. The maximum absolute atomic E-state index is 13.6. The zero-order chi connectivity index (χ0) is 19.4. The highest BCUT2D eigenvalue weighted by atomic mass is 35.5.